The lowest BCUT2D eigenvalue weighted by Crippen LogP contribution is -2.39. The van der Waals surface area contributed by atoms with Gasteiger partial charge >= 0.3 is 6.09 Å². The van der Waals surface area contributed by atoms with Gasteiger partial charge < -0.3 is 23.9 Å². The third-order valence-electron chi connectivity index (χ3n) is 6.76. The molecule has 8 heteroatoms. The summed E-state index contributed by atoms with van der Waals surface area (Å²) in [6, 6.07) is 23.2. The van der Waals surface area contributed by atoms with Crippen LogP contribution in [0, 0.1) is 5.92 Å². The molecule has 0 aliphatic carbocycles. The molecule has 196 valence electrons. The van der Waals surface area contributed by atoms with Crippen LogP contribution < -0.4 is 5.32 Å². The molecular formula is C30H31N3O5. The highest BCUT2D eigenvalue weighted by Gasteiger charge is 2.38. The zero-order valence-corrected chi connectivity index (χ0v) is 21.2. The van der Waals surface area contributed by atoms with Crippen LogP contribution in [-0.2, 0) is 27.4 Å². The van der Waals surface area contributed by atoms with Gasteiger partial charge in [-0.15, -0.1) is 0 Å². The average molecular weight is 514 g/mol. The first-order valence-corrected chi connectivity index (χ1v) is 12.6. The topological polar surface area (TPSA) is 94.8 Å². The molecule has 1 aliphatic rings. The fraction of sp³-hybridized carbons (Fsp3) is 0.267. The van der Waals surface area contributed by atoms with Gasteiger partial charge in [-0.2, -0.15) is 0 Å². The van der Waals surface area contributed by atoms with Crippen LogP contribution in [-0.4, -0.2) is 33.5 Å². The van der Waals surface area contributed by atoms with Crippen molar-refractivity contribution in [2.24, 2.45) is 5.92 Å². The molecule has 2 heterocycles. The maximum Gasteiger partial charge on any atom is 0.411 e. The zero-order valence-electron chi connectivity index (χ0n) is 21.2. The number of anilines is 1. The molecule has 4 aromatic rings. The van der Waals surface area contributed by atoms with Gasteiger partial charge in [0.05, 0.1) is 42.7 Å². The minimum absolute atomic E-state index is 0.0154. The van der Waals surface area contributed by atoms with Crippen LogP contribution in [0.4, 0.5) is 10.5 Å². The Morgan fingerprint density at radius 2 is 1.92 bits per heavy atom. The first-order valence-electron chi connectivity index (χ1n) is 12.6. The van der Waals surface area contributed by atoms with Crippen molar-refractivity contribution in [2.75, 3.05) is 11.9 Å². The predicted octanol–water partition coefficient (Wildman–Crippen LogP) is 5.75. The number of rotatable bonds is 8. The van der Waals surface area contributed by atoms with Gasteiger partial charge in [-0.25, -0.2) is 9.78 Å². The summed E-state index contributed by atoms with van der Waals surface area (Å²) in [5, 5.41) is 12.2. The van der Waals surface area contributed by atoms with Gasteiger partial charge in [-0.1, -0.05) is 68.1 Å². The summed E-state index contributed by atoms with van der Waals surface area (Å²) >= 11 is 0. The fourth-order valence-corrected chi connectivity index (χ4v) is 4.73. The third-order valence-corrected chi connectivity index (χ3v) is 6.76. The van der Waals surface area contributed by atoms with Crippen molar-refractivity contribution in [3.63, 3.8) is 0 Å². The molecule has 1 fully saturated rings. The van der Waals surface area contributed by atoms with Crippen LogP contribution in [0.1, 0.15) is 36.0 Å². The van der Waals surface area contributed by atoms with E-state index in [-0.39, 0.29) is 31.3 Å². The number of amides is 1. The summed E-state index contributed by atoms with van der Waals surface area (Å²) in [5.74, 6) is 0.0163. The summed E-state index contributed by atoms with van der Waals surface area (Å²) in [7, 11) is 0. The number of nitrogens with one attached hydrogen (secondary N) is 1. The monoisotopic (exact) mass is 513 g/mol. The quantitative estimate of drug-likeness (QED) is 0.291. The Kier molecular flexibility index (Phi) is 7.83. The smallest absolute Gasteiger partial charge is 0.411 e. The maximum atomic E-state index is 12.1. The molecule has 2 N–H and O–H groups in total. The molecule has 0 radical (unpaired) electrons. The lowest BCUT2D eigenvalue weighted by Gasteiger charge is -2.41. The second-order valence-corrected chi connectivity index (χ2v) is 9.35. The second-order valence-electron chi connectivity index (χ2n) is 9.35. The van der Waals surface area contributed by atoms with E-state index in [0.29, 0.717) is 12.2 Å². The van der Waals surface area contributed by atoms with E-state index in [1.165, 1.54) is 6.08 Å². The summed E-state index contributed by atoms with van der Waals surface area (Å²) in [6.07, 6.45) is 1.68. The zero-order chi connectivity index (χ0) is 26.5. The number of carbonyl (C=O) groups excluding carboxylic acids is 1. The van der Waals surface area contributed by atoms with Gasteiger partial charge in [-0.3, -0.25) is 5.32 Å². The highest BCUT2D eigenvalue weighted by molar-refractivity contribution is 5.84. The first kappa shape index (κ1) is 25.7. The fourth-order valence-electron chi connectivity index (χ4n) is 4.73. The molecule has 4 atom stereocenters. The molecule has 1 aliphatic heterocycles. The highest BCUT2D eigenvalue weighted by Crippen LogP contribution is 2.42. The Labute approximate surface area is 221 Å². The molecule has 38 heavy (non-hydrogen) atoms. The molecule has 5 rings (SSSR count). The van der Waals surface area contributed by atoms with E-state index in [4.69, 9.17) is 14.2 Å². The first-order chi connectivity index (χ1) is 18.6. The number of aromatic nitrogens is 2. The van der Waals surface area contributed by atoms with E-state index in [1.807, 2.05) is 67.0 Å². The van der Waals surface area contributed by atoms with Crippen LogP contribution in [0.5, 0.6) is 0 Å². The molecule has 1 saturated heterocycles. The van der Waals surface area contributed by atoms with Gasteiger partial charge in [0.1, 0.15) is 6.61 Å². The van der Waals surface area contributed by atoms with Crippen molar-refractivity contribution >= 4 is 22.8 Å². The van der Waals surface area contributed by atoms with E-state index in [1.54, 1.807) is 6.07 Å². The maximum absolute atomic E-state index is 12.1. The summed E-state index contributed by atoms with van der Waals surface area (Å²) in [4.78, 5) is 16.6. The van der Waals surface area contributed by atoms with E-state index >= 15 is 0 Å². The Morgan fingerprint density at radius 1 is 1.11 bits per heavy atom. The minimum Gasteiger partial charge on any atom is -0.445 e. The predicted molar refractivity (Wildman–Crippen MR) is 144 cm³/mol. The number of benzene rings is 3. The van der Waals surface area contributed by atoms with Crippen molar-refractivity contribution < 1.29 is 24.1 Å². The number of nitrogens with zero attached hydrogens (tertiary/aromatic N) is 2. The van der Waals surface area contributed by atoms with E-state index in [2.05, 4.69) is 34.4 Å². The van der Waals surface area contributed by atoms with Gasteiger partial charge in [0.2, 0.25) is 0 Å². The van der Waals surface area contributed by atoms with Crippen molar-refractivity contribution in [3.8, 4) is 0 Å². The van der Waals surface area contributed by atoms with Crippen LogP contribution in [0.15, 0.2) is 91.8 Å². The number of carbonyl (C=O) groups is 1. The molecule has 0 saturated carbocycles. The molecule has 0 spiro atoms. The van der Waals surface area contributed by atoms with Crippen LogP contribution in [0.25, 0.3) is 11.0 Å². The lowest BCUT2D eigenvalue weighted by atomic mass is 9.90. The molecule has 1 amide bonds. The third kappa shape index (κ3) is 5.62. The number of hydrogen-bond acceptors (Lipinski definition) is 6. The number of imidazole rings is 1. The van der Waals surface area contributed by atoms with Crippen molar-refractivity contribution in [2.45, 2.75) is 38.6 Å². The van der Waals surface area contributed by atoms with Gasteiger partial charge in [0, 0.05) is 17.2 Å². The number of aliphatic hydroxyl groups excluding tert-OH is 1. The molecule has 0 unspecified atom stereocenters. The van der Waals surface area contributed by atoms with Crippen molar-refractivity contribution in [1.82, 2.24) is 9.55 Å². The van der Waals surface area contributed by atoms with Crippen LogP contribution >= 0.6 is 0 Å². The largest absolute Gasteiger partial charge is 0.445 e. The SMILES string of the molecule is C=CCOC(=O)Nc1cccc([C@H]2O[C@@H](Cn3cnc4ccccc43)[C@@H](C)[C@@H](c3ccc(CO)cc3)O2)c1. The van der Waals surface area contributed by atoms with E-state index in [9.17, 15) is 9.90 Å². The summed E-state index contributed by atoms with van der Waals surface area (Å²) in [5.41, 5.74) is 5.17. The van der Waals surface area contributed by atoms with Gasteiger partial charge in [-0.05, 0) is 35.4 Å². The number of fused-ring (bicyclic) bond motifs is 1. The van der Waals surface area contributed by atoms with Gasteiger partial charge in [0.25, 0.3) is 0 Å². The Balaban J connectivity index is 1.44. The van der Waals surface area contributed by atoms with E-state index in [0.717, 1.165) is 27.7 Å². The Hall–Kier alpha value is -3.98. The van der Waals surface area contributed by atoms with Gasteiger partial charge in [0.15, 0.2) is 6.29 Å². The minimum atomic E-state index is -0.667. The summed E-state index contributed by atoms with van der Waals surface area (Å²) in [6.45, 7) is 6.39. The molecule has 0 bridgehead atoms. The normalized spacial score (nSPS) is 21.2. The average Bonchev–Trinajstić information content (AvgIpc) is 3.36. The number of aliphatic hydroxyl groups is 1. The molecule has 1 aromatic heterocycles. The van der Waals surface area contributed by atoms with E-state index < -0.39 is 12.4 Å². The second kappa shape index (κ2) is 11.6. The number of para-hydroxylation sites is 2. The lowest BCUT2D eigenvalue weighted by molar-refractivity contribution is -0.276. The molecule has 8 nitrogen and oxygen atoms in total. The molecular weight excluding hydrogens is 482 g/mol. The van der Waals surface area contributed by atoms with Crippen LogP contribution in [0.3, 0.4) is 0 Å². The summed E-state index contributed by atoms with van der Waals surface area (Å²) < 4.78 is 20.3. The van der Waals surface area contributed by atoms with Crippen molar-refractivity contribution in [3.05, 3.63) is 108 Å². The highest BCUT2D eigenvalue weighted by atomic mass is 16.7. The number of hydrogen-bond donors (Lipinski definition) is 2. The Bertz CT molecular complexity index is 1400. The van der Waals surface area contributed by atoms with Crippen molar-refractivity contribution in [1.29, 1.82) is 0 Å². The van der Waals surface area contributed by atoms with Crippen LogP contribution in [0.2, 0.25) is 0 Å². The molecule has 3 aromatic carbocycles. The standard InChI is InChI=1S/C30H31N3O5/c1-3-15-36-30(35)32-24-8-6-7-23(16-24)29-37-27(17-33-19-31-25-9-4-5-10-26(25)33)20(2)28(38-29)22-13-11-21(18-34)12-14-22/h3-14,16,19-20,27-29,34H,1,15,17-18H2,2H3,(H,32,35)/t20-,27+,28+,29+/m1/s1. The number of ether oxygens (including phenoxy) is 3. The Morgan fingerprint density at radius 3 is 2.71 bits per heavy atom.